The number of rotatable bonds is 7. The van der Waals surface area contributed by atoms with Gasteiger partial charge in [-0.3, -0.25) is 4.79 Å². The number of ether oxygens (including phenoxy) is 2. The van der Waals surface area contributed by atoms with Crippen LogP contribution in [-0.4, -0.2) is 19.2 Å². The van der Waals surface area contributed by atoms with Gasteiger partial charge in [-0.05, 0) is 42.0 Å². The maximum atomic E-state index is 13.8. The van der Waals surface area contributed by atoms with E-state index in [2.05, 4.69) is 10.5 Å². The van der Waals surface area contributed by atoms with Gasteiger partial charge in [0.15, 0.2) is 11.6 Å². The smallest absolute Gasteiger partial charge is 0.283 e. The largest absolute Gasteiger partial charge is 0.496 e. The summed E-state index contributed by atoms with van der Waals surface area (Å²) in [6.07, 6.45) is 1.51. The Labute approximate surface area is 193 Å². The van der Waals surface area contributed by atoms with E-state index in [1.54, 1.807) is 43.5 Å². The van der Waals surface area contributed by atoms with Crippen LogP contribution in [-0.2, 0) is 6.61 Å². The monoisotopic (exact) mass is 468 g/mol. The molecule has 1 heterocycles. The average Bonchev–Trinajstić information content (AvgIpc) is 3.15. The molecule has 0 fully saturated rings. The fourth-order valence-electron chi connectivity index (χ4n) is 3.09. The summed E-state index contributed by atoms with van der Waals surface area (Å²) in [5.74, 6) is -0.0726. The van der Waals surface area contributed by atoms with Crippen LogP contribution < -0.4 is 14.9 Å². The Hall–Kier alpha value is -3.42. The Balaban J connectivity index is 1.46. The van der Waals surface area contributed by atoms with Gasteiger partial charge in [0.1, 0.15) is 17.2 Å². The molecule has 4 rings (SSSR count). The number of nitrogens with zero attached hydrogens (tertiary/aromatic N) is 1. The van der Waals surface area contributed by atoms with E-state index in [0.717, 1.165) is 10.1 Å². The highest BCUT2D eigenvalue weighted by atomic mass is 35.5. The molecule has 32 heavy (non-hydrogen) atoms. The minimum Gasteiger partial charge on any atom is -0.496 e. The van der Waals surface area contributed by atoms with Crippen molar-refractivity contribution in [2.45, 2.75) is 6.61 Å². The summed E-state index contributed by atoms with van der Waals surface area (Å²) >= 11 is 7.65. The van der Waals surface area contributed by atoms with Crippen LogP contribution in [0.3, 0.4) is 0 Å². The molecule has 1 N–H and O–H groups in total. The Kier molecular flexibility index (Phi) is 6.68. The van der Waals surface area contributed by atoms with Crippen molar-refractivity contribution in [2.24, 2.45) is 5.10 Å². The van der Waals surface area contributed by atoms with Gasteiger partial charge < -0.3 is 9.47 Å². The molecule has 4 aromatic rings. The third-order valence-corrected chi connectivity index (χ3v) is 6.32. The predicted octanol–water partition coefficient (Wildman–Crippen LogP) is 6.05. The second-order valence-electron chi connectivity index (χ2n) is 6.73. The molecular formula is C24H18ClFN2O3S. The summed E-state index contributed by atoms with van der Waals surface area (Å²) < 4.78 is 25.7. The van der Waals surface area contributed by atoms with Crippen LogP contribution in [0.25, 0.3) is 10.1 Å². The Morgan fingerprint density at radius 1 is 1.12 bits per heavy atom. The summed E-state index contributed by atoms with van der Waals surface area (Å²) in [5.41, 5.74) is 3.92. The quantitative estimate of drug-likeness (QED) is 0.265. The zero-order valence-corrected chi connectivity index (χ0v) is 18.5. The summed E-state index contributed by atoms with van der Waals surface area (Å²) in [7, 11) is 1.55. The van der Waals surface area contributed by atoms with Crippen molar-refractivity contribution >= 4 is 45.1 Å². The molecule has 1 amide bonds. The molecule has 0 atom stereocenters. The molecule has 0 saturated heterocycles. The molecule has 3 aromatic carbocycles. The van der Waals surface area contributed by atoms with Crippen molar-refractivity contribution in [2.75, 3.05) is 7.11 Å². The molecule has 0 aliphatic rings. The Morgan fingerprint density at radius 2 is 1.91 bits per heavy atom. The second-order valence-corrected chi connectivity index (χ2v) is 8.16. The maximum Gasteiger partial charge on any atom is 0.283 e. The molecule has 162 valence electrons. The van der Waals surface area contributed by atoms with Crippen LogP contribution in [0.2, 0.25) is 5.02 Å². The number of hydrogen-bond acceptors (Lipinski definition) is 5. The van der Waals surface area contributed by atoms with Crippen LogP contribution >= 0.6 is 22.9 Å². The molecule has 1 aromatic heterocycles. The van der Waals surface area contributed by atoms with Crippen molar-refractivity contribution in [3.8, 4) is 11.5 Å². The molecule has 0 saturated carbocycles. The highest BCUT2D eigenvalue weighted by Crippen LogP contribution is 2.35. The number of amides is 1. The van der Waals surface area contributed by atoms with E-state index in [1.807, 2.05) is 24.3 Å². The van der Waals surface area contributed by atoms with Gasteiger partial charge in [0.2, 0.25) is 0 Å². The number of methoxy groups -OCH3 is 1. The average molecular weight is 469 g/mol. The molecule has 0 aliphatic heterocycles. The molecule has 0 aliphatic carbocycles. The van der Waals surface area contributed by atoms with Gasteiger partial charge in [0.05, 0.1) is 18.3 Å². The van der Waals surface area contributed by atoms with E-state index < -0.39 is 5.82 Å². The third kappa shape index (κ3) is 4.74. The van der Waals surface area contributed by atoms with E-state index >= 15 is 0 Å². The number of hydrogen-bond donors (Lipinski definition) is 1. The molecule has 0 radical (unpaired) electrons. The number of carbonyl (C=O) groups excluding carboxylic acids is 1. The molecule has 5 nitrogen and oxygen atoms in total. The van der Waals surface area contributed by atoms with E-state index in [-0.39, 0.29) is 18.3 Å². The number of benzene rings is 3. The van der Waals surface area contributed by atoms with Crippen molar-refractivity contribution < 1.29 is 18.7 Å². The number of halogens is 2. The van der Waals surface area contributed by atoms with Crippen LogP contribution in [0.4, 0.5) is 4.39 Å². The zero-order valence-electron chi connectivity index (χ0n) is 17.0. The topological polar surface area (TPSA) is 59.9 Å². The summed E-state index contributed by atoms with van der Waals surface area (Å²) in [5, 5.41) is 5.29. The fourth-order valence-corrected chi connectivity index (χ4v) is 4.49. The summed E-state index contributed by atoms with van der Waals surface area (Å²) in [6.45, 7) is 0.107. The first-order valence-electron chi connectivity index (χ1n) is 9.61. The highest BCUT2D eigenvalue weighted by Gasteiger charge is 2.16. The molecule has 8 heteroatoms. The van der Waals surface area contributed by atoms with Gasteiger partial charge in [0, 0.05) is 15.6 Å². The Bertz CT molecular complexity index is 1310. The van der Waals surface area contributed by atoms with Gasteiger partial charge in [-0.1, -0.05) is 41.9 Å². The minimum atomic E-state index is -0.438. The predicted molar refractivity (Wildman–Crippen MR) is 126 cm³/mol. The van der Waals surface area contributed by atoms with Crippen molar-refractivity contribution in [3.63, 3.8) is 0 Å². The van der Waals surface area contributed by atoms with Gasteiger partial charge in [-0.2, -0.15) is 5.10 Å². The third-order valence-electron chi connectivity index (χ3n) is 4.65. The lowest BCUT2D eigenvalue weighted by molar-refractivity contribution is 0.0959. The molecular weight excluding hydrogens is 451 g/mol. The van der Waals surface area contributed by atoms with Crippen molar-refractivity contribution in [1.29, 1.82) is 0 Å². The van der Waals surface area contributed by atoms with Crippen LogP contribution in [0.15, 0.2) is 71.8 Å². The number of thiophene rings is 1. The highest BCUT2D eigenvalue weighted by molar-refractivity contribution is 7.21. The van der Waals surface area contributed by atoms with Gasteiger partial charge >= 0.3 is 0 Å². The van der Waals surface area contributed by atoms with Crippen LogP contribution in [0, 0.1) is 5.82 Å². The number of carbonyl (C=O) groups is 1. The van der Waals surface area contributed by atoms with Crippen LogP contribution in [0.5, 0.6) is 11.5 Å². The van der Waals surface area contributed by atoms with Crippen molar-refractivity contribution in [1.82, 2.24) is 5.43 Å². The van der Waals surface area contributed by atoms with E-state index in [4.69, 9.17) is 21.1 Å². The minimum absolute atomic E-state index is 0.107. The fraction of sp³-hybridized carbons (Fsp3) is 0.0833. The van der Waals surface area contributed by atoms with Gasteiger partial charge in [-0.15, -0.1) is 11.3 Å². The summed E-state index contributed by atoms with van der Waals surface area (Å²) in [6, 6.07) is 19.1. The number of hydrazone groups is 1. The first-order chi connectivity index (χ1) is 15.6. The SMILES string of the molecule is COc1ccc(C=NNC(=O)c2sc3ccccc3c2Cl)cc1COc1ccccc1F. The zero-order chi connectivity index (χ0) is 22.5. The van der Waals surface area contributed by atoms with Crippen molar-refractivity contribution in [3.05, 3.63) is 93.6 Å². The van der Waals surface area contributed by atoms with E-state index in [1.165, 1.54) is 23.6 Å². The molecule has 0 unspecified atom stereocenters. The molecule has 0 bridgehead atoms. The van der Waals surface area contributed by atoms with E-state index in [0.29, 0.717) is 26.8 Å². The lowest BCUT2D eigenvalue weighted by Gasteiger charge is -2.11. The lowest BCUT2D eigenvalue weighted by Crippen LogP contribution is -2.16. The first kappa shape index (κ1) is 21.8. The Morgan fingerprint density at radius 3 is 2.69 bits per heavy atom. The number of para-hydroxylation sites is 1. The van der Waals surface area contributed by atoms with E-state index in [9.17, 15) is 9.18 Å². The van der Waals surface area contributed by atoms with Gasteiger partial charge in [-0.25, -0.2) is 9.82 Å². The van der Waals surface area contributed by atoms with Crippen LogP contribution in [0.1, 0.15) is 20.8 Å². The summed E-state index contributed by atoms with van der Waals surface area (Å²) in [4.78, 5) is 12.9. The lowest BCUT2D eigenvalue weighted by atomic mass is 10.1. The van der Waals surface area contributed by atoms with Gasteiger partial charge in [0.25, 0.3) is 5.91 Å². The standard InChI is InChI=1S/C24H18ClFN2O3S/c1-30-19-11-10-15(12-16(19)14-31-20-8-4-3-7-18(20)26)13-27-28-24(29)23-22(25)17-6-2-5-9-21(17)32-23/h2-13H,14H2,1H3,(H,28,29). The maximum absolute atomic E-state index is 13.8. The first-order valence-corrected chi connectivity index (χ1v) is 10.8. The number of nitrogens with one attached hydrogen (secondary N) is 1. The normalized spacial score (nSPS) is 11.1. The second kappa shape index (κ2) is 9.80. The number of fused-ring (bicyclic) bond motifs is 1. The molecule has 0 spiro atoms.